The maximum absolute atomic E-state index is 12.3. The van der Waals surface area contributed by atoms with Crippen molar-refractivity contribution in [3.05, 3.63) is 23.9 Å². The van der Waals surface area contributed by atoms with Crippen LogP contribution in [0.25, 0.3) is 0 Å². The molecule has 0 unspecified atom stereocenters. The van der Waals surface area contributed by atoms with Gasteiger partial charge in [0.1, 0.15) is 5.82 Å². The summed E-state index contributed by atoms with van der Waals surface area (Å²) < 4.78 is 36.8. The largest absolute Gasteiger partial charge is 0.401 e. The Bertz CT molecular complexity index is 352. The van der Waals surface area contributed by atoms with Crippen molar-refractivity contribution in [1.82, 2.24) is 9.88 Å². The Morgan fingerprint density at radius 2 is 2.12 bits per heavy atom. The number of hydrogen-bond donors (Lipinski definition) is 1. The molecule has 1 N–H and O–H groups in total. The number of aromatic nitrogens is 1. The van der Waals surface area contributed by atoms with Crippen LogP contribution in [0.5, 0.6) is 0 Å². The molecule has 0 aliphatic heterocycles. The predicted molar refractivity (Wildman–Crippen MR) is 60.8 cm³/mol. The fourth-order valence-corrected chi connectivity index (χ4v) is 1.50. The number of hydrogen-bond acceptors (Lipinski definition) is 3. The second kappa shape index (κ2) is 5.86. The molecule has 1 heterocycles. The highest BCUT2D eigenvalue weighted by atomic mass is 19.4. The van der Waals surface area contributed by atoms with E-state index >= 15 is 0 Å². The molecule has 0 saturated carbocycles. The van der Waals surface area contributed by atoms with E-state index in [1.165, 1.54) is 4.90 Å². The number of anilines is 1. The van der Waals surface area contributed by atoms with Crippen molar-refractivity contribution in [2.45, 2.75) is 19.6 Å². The standard InChI is InChI=1S/C11H16F3N3/c1-3-17(8-11(12,13)14)7-9-4-5-16-10(6-9)15-2/h4-6H,3,7-8H2,1-2H3,(H,15,16). The SMILES string of the molecule is CCN(Cc1ccnc(NC)c1)CC(F)(F)F. The van der Waals surface area contributed by atoms with Gasteiger partial charge < -0.3 is 5.32 Å². The zero-order valence-corrected chi connectivity index (χ0v) is 9.88. The van der Waals surface area contributed by atoms with Crippen molar-refractivity contribution in [3.63, 3.8) is 0 Å². The van der Waals surface area contributed by atoms with Crippen LogP contribution < -0.4 is 5.32 Å². The van der Waals surface area contributed by atoms with Crippen LogP contribution in [0.3, 0.4) is 0 Å². The monoisotopic (exact) mass is 247 g/mol. The lowest BCUT2D eigenvalue weighted by molar-refractivity contribution is -0.146. The third-order valence-corrected chi connectivity index (χ3v) is 2.34. The summed E-state index contributed by atoms with van der Waals surface area (Å²) in [5.41, 5.74) is 0.815. The van der Waals surface area contributed by atoms with Gasteiger partial charge in [-0.05, 0) is 24.2 Å². The first-order valence-corrected chi connectivity index (χ1v) is 5.36. The molecule has 0 atom stereocenters. The van der Waals surface area contributed by atoms with Gasteiger partial charge in [0, 0.05) is 19.8 Å². The molecular formula is C11H16F3N3. The lowest BCUT2D eigenvalue weighted by Crippen LogP contribution is -2.33. The van der Waals surface area contributed by atoms with Gasteiger partial charge >= 0.3 is 6.18 Å². The molecule has 0 amide bonds. The summed E-state index contributed by atoms with van der Waals surface area (Å²) >= 11 is 0. The van der Waals surface area contributed by atoms with Crippen LogP contribution in [0, 0.1) is 0 Å². The Kier molecular flexibility index (Phi) is 4.74. The molecule has 1 rings (SSSR count). The topological polar surface area (TPSA) is 28.2 Å². The molecule has 0 aliphatic carbocycles. The van der Waals surface area contributed by atoms with E-state index < -0.39 is 12.7 Å². The fraction of sp³-hybridized carbons (Fsp3) is 0.545. The van der Waals surface area contributed by atoms with Crippen molar-refractivity contribution in [1.29, 1.82) is 0 Å². The first-order chi connectivity index (χ1) is 7.94. The van der Waals surface area contributed by atoms with Crippen LogP contribution >= 0.6 is 0 Å². The van der Waals surface area contributed by atoms with Gasteiger partial charge in [-0.15, -0.1) is 0 Å². The third kappa shape index (κ3) is 5.04. The molecule has 1 aromatic heterocycles. The summed E-state index contributed by atoms with van der Waals surface area (Å²) in [5, 5.41) is 2.86. The zero-order valence-electron chi connectivity index (χ0n) is 9.88. The maximum atomic E-state index is 12.3. The van der Waals surface area contributed by atoms with Crippen LogP contribution in [-0.2, 0) is 6.54 Å². The van der Waals surface area contributed by atoms with Crippen LogP contribution in [0.2, 0.25) is 0 Å². The molecule has 96 valence electrons. The summed E-state index contributed by atoms with van der Waals surface area (Å²) in [7, 11) is 1.72. The van der Waals surface area contributed by atoms with E-state index in [1.807, 2.05) is 0 Å². The minimum Gasteiger partial charge on any atom is -0.373 e. The highest BCUT2D eigenvalue weighted by molar-refractivity contribution is 5.36. The minimum atomic E-state index is -4.16. The van der Waals surface area contributed by atoms with Gasteiger partial charge in [0.25, 0.3) is 0 Å². The maximum Gasteiger partial charge on any atom is 0.401 e. The van der Waals surface area contributed by atoms with Crippen molar-refractivity contribution in [3.8, 4) is 0 Å². The van der Waals surface area contributed by atoms with Crippen molar-refractivity contribution >= 4 is 5.82 Å². The van der Waals surface area contributed by atoms with Gasteiger partial charge in [-0.1, -0.05) is 6.92 Å². The van der Waals surface area contributed by atoms with Gasteiger partial charge in [-0.25, -0.2) is 4.98 Å². The number of nitrogens with one attached hydrogen (secondary N) is 1. The normalized spacial score (nSPS) is 11.9. The Morgan fingerprint density at radius 1 is 1.41 bits per heavy atom. The van der Waals surface area contributed by atoms with Crippen LogP contribution in [0.15, 0.2) is 18.3 Å². The van der Waals surface area contributed by atoms with E-state index in [4.69, 9.17) is 0 Å². The van der Waals surface area contributed by atoms with Crippen LogP contribution in [-0.4, -0.2) is 36.2 Å². The van der Waals surface area contributed by atoms with Gasteiger partial charge in [0.05, 0.1) is 6.54 Å². The Hall–Kier alpha value is -1.30. The van der Waals surface area contributed by atoms with E-state index in [9.17, 15) is 13.2 Å². The van der Waals surface area contributed by atoms with Gasteiger partial charge in [-0.2, -0.15) is 13.2 Å². The van der Waals surface area contributed by atoms with Gasteiger partial charge in [0.2, 0.25) is 0 Å². The molecule has 0 radical (unpaired) electrons. The highest BCUT2D eigenvalue weighted by Crippen LogP contribution is 2.18. The third-order valence-electron chi connectivity index (χ3n) is 2.34. The van der Waals surface area contributed by atoms with Gasteiger partial charge in [0.15, 0.2) is 0 Å². The molecule has 0 saturated heterocycles. The van der Waals surface area contributed by atoms with Crippen molar-refractivity contribution in [2.24, 2.45) is 0 Å². The average Bonchev–Trinajstić information content (AvgIpc) is 2.26. The molecule has 0 fully saturated rings. The lowest BCUT2D eigenvalue weighted by atomic mass is 10.2. The van der Waals surface area contributed by atoms with Crippen LogP contribution in [0.1, 0.15) is 12.5 Å². The zero-order chi connectivity index (χ0) is 12.9. The Balaban J connectivity index is 2.67. The molecular weight excluding hydrogens is 231 g/mol. The summed E-state index contributed by atoms with van der Waals surface area (Å²) in [6, 6.07) is 3.47. The molecule has 17 heavy (non-hydrogen) atoms. The second-order valence-corrected chi connectivity index (χ2v) is 3.72. The number of pyridine rings is 1. The van der Waals surface area contributed by atoms with Crippen molar-refractivity contribution < 1.29 is 13.2 Å². The first kappa shape index (κ1) is 13.8. The summed E-state index contributed by atoms with van der Waals surface area (Å²) in [5.74, 6) is 0.658. The van der Waals surface area contributed by atoms with E-state index in [1.54, 1.807) is 32.3 Å². The molecule has 1 aromatic rings. The van der Waals surface area contributed by atoms with E-state index in [-0.39, 0.29) is 6.54 Å². The Labute approximate surface area is 98.6 Å². The number of rotatable bonds is 5. The predicted octanol–water partition coefficient (Wildman–Crippen LogP) is 2.51. The number of nitrogens with zero attached hydrogens (tertiary/aromatic N) is 2. The summed E-state index contributed by atoms with van der Waals surface area (Å²) in [4.78, 5) is 5.36. The minimum absolute atomic E-state index is 0.271. The van der Waals surface area contributed by atoms with Gasteiger partial charge in [-0.3, -0.25) is 4.90 Å². The summed E-state index contributed by atoms with van der Waals surface area (Å²) in [6.07, 6.45) is -2.57. The Morgan fingerprint density at radius 3 is 2.65 bits per heavy atom. The quantitative estimate of drug-likeness (QED) is 0.866. The average molecular weight is 247 g/mol. The second-order valence-electron chi connectivity index (χ2n) is 3.72. The van der Waals surface area contributed by atoms with Crippen LogP contribution in [0.4, 0.5) is 19.0 Å². The first-order valence-electron chi connectivity index (χ1n) is 5.36. The molecule has 6 heteroatoms. The molecule has 0 spiro atoms. The lowest BCUT2D eigenvalue weighted by Gasteiger charge is -2.22. The summed E-state index contributed by atoms with van der Waals surface area (Å²) in [6.45, 7) is 1.45. The number of halogens is 3. The smallest absolute Gasteiger partial charge is 0.373 e. The molecule has 0 aliphatic rings. The molecule has 3 nitrogen and oxygen atoms in total. The van der Waals surface area contributed by atoms with Crippen molar-refractivity contribution in [2.75, 3.05) is 25.5 Å². The van der Waals surface area contributed by atoms with E-state index in [0.717, 1.165) is 5.56 Å². The van der Waals surface area contributed by atoms with E-state index in [2.05, 4.69) is 10.3 Å². The van der Waals surface area contributed by atoms with E-state index in [0.29, 0.717) is 12.4 Å². The number of alkyl halides is 3. The fourth-order valence-electron chi connectivity index (χ4n) is 1.50. The molecule has 0 aromatic carbocycles. The molecule has 0 bridgehead atoms. The highest BCUT2D eigenvalue weighted by Gasteiger charge is 2.29.